The molecule has 1 aliphatic heterocycles. The van der Waals surface area contributed by atoms with Gasteiger partial charge in [0, 0.05) is 36.8 Å². The van der Waals surface area contributed by atoms with E-state index in [0.717, 1.165) is 31.1 Å². The maximum atomic E-state index is 5.94. The SMILES string of the molecule is C=C(Cl)CN1CC(C(C)(C)C)NCC1CC. The summed E-state index contributed by atoms with van der Waals surface area (Å²) >= 11 is 5.94. The molecule has 1 fully saturated rings. The van der Waals surface area contributed by atoms with Crippen LogP contribution in [0.2, 0.25) is 0 Å². The van der Waals surface area contributed by atoms with Crippen LogP contribution in [0.3, 0.4) is 0 Å². The molecule has 0 amide bonds. The van der Waals surface area contributed by atoms with Crippen LogP contribution in [0, 0.1) is 5.41 Å². The van der Waals surface area contributed by atoms with Gasteiger partial charge in [-0.1, -0.05) is 45.9 Å². The van der Waals surface area contributed by atoms with E-state index in [4.69, 9.17) is 11.6 Å². The predicted molar refractivity (Wildman–Crippen MR) is 71.9 cm³/mol. The number of piperazine rings is 1. The molecule has 0 saturated carbocycles. The Morgan fingerprint density at radius 1 is 1.50 bits per heavy atom. The van der Waals surface area contributed by atoms with Gasteiger partial charge >= 0.3 is 0 Å². The molecule has 94 valence electrons. The van der Waals surface area contributed by atoms with Gasteiger partial charge in [-0.25, -0.2) is 0 Å². The quantitative estimate of drug-likeness (QED) is 0.822. The Hall–Kier alpha value is -0.0500. The topological polar surface area (TPSA) is 15.3 Å². The van der Waals surface area contributed by atoms with E-state index >= 15 is 0 Å². The van der Waals surface area contributed by atoms with Gasteiger partial charge < -0.3 is 5.32 Å². The van der Waals surface area contributed by atoms with Crippen molar-refractivity contribution in [2.75, 3.05) is 19.6 Å². The fraction of sp³-hybridized carbons (Fsp3) is 0.846. The zero-order valence-electron chi connectivity index (χ0n) is 11.0. The molecule has 0 aromatic heterocycles. The summed E-state index contributed by atoms with van der Waals surface area (Å²) in [6.07, 6.45) is 1.16. The van der Waals surface area contributed by atoms with Crippen LogP contribution in [0.4, 0.5) is 0 Å². The van der Waals surface area contributed by atoms with Crippen LogP contribution in [-0.2, 0) is 0 Å². The monoisotopic (exact) mass is 244 g/mol. The third kappa shape index (κ3) is 3.76. The average Bonchev–Trinajstić information content (AvgIpc) is 2.15. The molecule has 1 saturated heterocycles. The number of nitrogens with zero attached hydrogens (tertiary/aromatic N) is 1. The Balaban J connectivity index is 2.65. The van der Waals surface area contributed by atoms with Gasteiger partial charge in [-0.05, 0) is 11.8 Å². The molecule has 0 aromatic carbocycles. The molecule has 0 radical (unpaired) electrons. The lowest BCUT2D eigenvalue weighted by Crippen LogP contribution is -2.60. The maximum Gasteiger partial charge on any atom is 0.0339 e. The second kappa shape index (κ2) is 5.52. The minimum absolute atomic E-state index is 0.296. The molecule has 2 unspecified atom stereocenters. The van der Waals surface area contributed by atoms with E-state index < -0.39 is 0 Å². The van der Waals surface area contributed by atoms with Crippen molar-refractivity contribution < 1.29 is 0 Å². The lowest BCUT2D eigenvalue weighted by molar-refractivity contribution is 0.0930. The molecule has 1 rings (SSSR count). The van der Waals surface area contributed by atoms with E-state index in [1.807, 2.05) is 0 Å². The molecule has 16 heavy (non-hydrogen) atoms. The fourth-order valence-electron chi connectivity index (χ4n) is 2.25. The molecule has 1 heterocycles. The van der Waals surface area contributed by atoms with E-state index in [2.05, 4.69) is 44.5 Å². The van der Waals surface area contributed by atoms with Crippen LogP contribution in [0.1, 0.15) is 34.1 Å². The summed E-state index contributed by atoms with van der Waals surface area (Å²) in [7, 11) is 0. The van der Waals surface area contributed by atoms with Crippen molar-refractivity contribution in [3.8, 4) is 0 Å². The highest BCUT2D eigenvalue weighted by atomic mass is 35.5. The van der Waals surface area contributed by atoms with Crippen molar-refractivity contribution in [2.24, 2.45) is 5.41 Å². The van der Waals surface area contributed by atoms with Gasteiger partial charge in [0.2, 0.25) is 0 Å². The predicted octanol–water partition coefficient (Wildman–Crippen LogP) is 2.84. The number of halogens is 1. The van der Waals surface area contributed by atoms with Crippen LogP contribution < -0.4 is 5.32 Å². The summed E-state index contributed by atoms with van der Waals surface area (Å²) in [6, 6.07) is 1.13. The lowest BCUT2D eigenvalue weighted by Gasteiger charge is -2.44. The number of nitrogens with one attached hydrogen (secondary N) is 1. The number of hydrogen-bond acceptors (Lipinski definition) is 2. The van der Waals surface area contributed by atoms with Gasteiger partial charge in [-0.3, -0.25) is 4.90 Å². The highest BCUT2D eigenvalue weighted by Gasteiger charge is 2.33. The van der Waals surface area contributed by atoms with Crippen LogP contribution in [0.5, 0.6) is 0 Å². The lowest BCUT2D eigenvalue weighted by atomic mass is 9.84. The first-order valence-corrected chi connectivity index (χ1v) is 6.53. The third-order valence-electron chi connectivity index (χ3n) is 3.42. The Morgan fingerprint density at radius 2 is 2.12 bits per heavy atom. The highest BCUT2D eigenvalue weighted by Crippen LogP contribution is 2.24. The van der Waals surface area contributed by atoms with Crippen molar-refractivity contribution in [1.29, 1.82) is 0 Å². The first-order chi connectivity index (χ1) is 7.34. The molecular formula is C13H25ClN2. The molecule has 1 aliphatic rings. The first kappa shape index (κ1) is 14.0. The summed E-state index contributed by atoms with van der Waals surface area (Å²) < 4.78 is 0. The summed E-state index contributed by atoms with van der Waals surface area (Å²) in [5, 5.41) is 4.39. The van der Waals surface area contributed by atoms with E-state index in [1.165, 1.54) is 0 Å². The first-order valence-electron chi connectivity index (χ1n) is 6.15. The molecule has 2 nitrogen and oxygen atoms in total. The van der Waals surface area contributed by atoms with Crippen molar-refractivity contribution in [1.82, 2.24) is 10.2 Å². The summed E-state index contributed by atoms with van der Waals surface area (Å²) in [4.78, 5) is 2.46. The average molecular weight is 245 g/mol. The minimum atomic E-state index is 0.296. The fourth-order valence-corrected chi connectivity index (χ4v) is 2.41. The molecule has 0 bridgehead atoms. The standard InChI is InChI=1S/C13H25ClN2/c1-6-11-7-15-12(13(3,4)5)9-16(11)8-10(2)14/h11-12,15H,2,6-9H2,1,3-5H3. The molecule has 0 spiro atoms. The third-order valence-corrected chi connectivity index (χ3v) is 3.54. The summed E-state index contributed by atoms with van der Waals surface area (Å²) in [6.45, 7) is 15.8. The zero-order chi connectivity index (χ0) is 12.3. The minimum Gasteiger partial charge on any atom is -0.311 e. The number of hydrogen-bond donors (Lipinski definition) is 1. The van der Waals surface area contributed by atoms with E-state index in [-0.39, 0.29) is 0 Å². The Bertz CT molecular complexity index is 245. The van der Waals surface area contributed by atoms with Gasteiger partial charge in [0.05, 0.1) is 0 Å². The van der Waals surface area contributed by atoms with Gasteiger partial charge in [0.15, 0.2) is 0 Å². The molecule has 2 atom stereocenters. The van der Waals surface area contributed by atoms with E-state index in [9.17, 15) is 0 Å². The van der Waals surface area contributed by atoms with Crippen LogP contribution >= 0.6 is 11.6 Å². The number of rotatable bonds is 3. The van der Waals surface area contributed by atoms with Gasteiger partial charge in [0.25, 0.3) is 0 Å². The zero-order valence-corrected chi connectivity index (χ0v) is 11.8. The van der Waals surface area contributed by atoms with Crippen LogP contribution in [-0.4, -0.2) is 36.6 Å². The Labute approximate surface area is 105 Å². The highest BCUT2D eigenvalue weighted by molar-refractivity contribution is 6.29. The molecule has 0 aromatic rings. The molecule has 1 N–H and O–H groups in total. The van der Waals surface area contributed by atoms with Crippen molar-refractivity contribution >= 4 is 11.6 Å². The second-order valence-electron chi connectivity index (χ2n) is 5.84. The summed E-state index contributed by atoms with van der Waals surface area (Å²) in [5.74, 6) is 0. The molecule has 0 aliphatic carbocycles. The molecule has 3 heteroatoms. The van der Waals surface area contributed by atoms with Crippen molar-refractivity contribution in [2.45, 2.75) is 46.2 Å². The van der Waals surface area contributed by atoms with E-state index in [0.29, 0.717) is 17.5 Å². The smallest absolute Gasteiger partial charge is 0.0339 e. The maximum absolute atomic E-state index is 5.94. The second-order valence-corrected chi connectivity index (χ2v) is 6.37. The van der Waals surface area contributed by atoms with Gasteiger partial charge in [-0.15, -0.1) is 0 Å². The van der Waals surface area contributed by atoms with E-state index in [1.54, 1.807) is 0 Å². The van der Waals surface area contributed by atoms with Crippen LogP contribution in [0.15, 0.2) is 11.6 Å². The van der Waals surface area contributed by atoms with Crippen LogP contribution in [0.25, 0.3) is 0 Å². The summed E-state index contributed by atoms with van der Waals surface area (Å²) in [5.41, 5.74) is 0.296. The van der Waals surface area contributed by atoms with Gasteiger partial charge in [0.1, 0.15) is 0 Å². The van der Waals surface area contributed by atoms with Gasteiger partial charge in [-0.2, -0.15) is 0 Å². The van der Waals surface area contributed by atoms with Crippen molar-refractivity contribution in [3.63, 3.8) is 0 Å². The normalized spacial score (nSPS) is 28.1. The van der Waals surface area contributed by atoms with Crippen molar-refractivity contribution in [3.05, 3.63) is 11.6 Å². The molecular weight excluding hydrogens is 220 g/mol. The Kier molecular flexibility index (Phi) is 4.84. The Morgan fingerprint density at radius 3 is 2.56 bits per heavy atom. The largest absolute Gasteiger partial charge is 0.311 e.